The van der Waals surface area contributed by atoms with E-state index in [1.54, 1.807) is 0 Å². The molecule has 0 aliphatic carbocycles. The maximum atomic E-state index is 9.54. The van der Waals surface area contributed by atoms with Gasteiger partial charge in [-0.2, -0.15) is 0 Å². The van der Waals surface area contributed by atoms with E-state index in [1.807, 2.05) is 25.8 Å². The van der Waals surface area contributed by atoms with Crippen LogP contribution in [0.15, 0.2) is 0 Å². The summed E-state index contributed by atoms with van der Waals surface area (Å²) < 4.78 is 5.24. The molecule has 0 radical (unpaired) electrons. The molecular formula is C10H23NO2. The number of hydrogen-bond acceptors (Lipinski definition) is 3. The molecule has 0 aliphatic heterocycles. The summed E-state index contributed by atoms with van der Waals surface area (Å²) in [4.78, 5) is 1.83. The van der Waals surface area contributed by atoms with E-state index in [2.05, 4.69) is 13.8 Å². The minimum atomic E-state index is -0.769. The van der Waals surface area contributed by atoms with Crippen molar-refractivity contribution >= 4 is 0 Å². The van der Waals surface area contributed by atoms with E-state index < -0.39 is 6.41 Å². The fourth-order valence-electron chi connectivity index (χ4n) is 1.06. The van der Waals surface area contributed by atoms with Gasteiger partial charge in [-0.1, -0.05) is 20.3 Å². The van der Waals surface area contributed by atoms with E-state index in [1.165, 1.54) is 0 Å². The highest BCUT2D eigenvalue weighted by atomic mass is 16.6. The highest BCUT2D eigenvalue weighted by Gasteiger charge is 2.14. The van der Waals surface area contributed by atoms with Crippen molar-refractivity contribution in [3.05, 3.63) is 0 Å². The Bertz CT molecular complexity index is 128. The molecule has 80 valence electrons. The van der Waals surface area contributed by atoms with Crippen LogP contribution in [-0.4, -0.2) is 36.1 Å². The standard InChI is InChI=1S/C10H23NO2/c1-6-9(4)7-11(5)10(12)13-8(2)3/h8-10,12H,6-7H2,1-5H3. The van der Waals surface area contributed by atoms with E-state index in [0.717, 1.165) is 13.0 Å². The molecule has 0 rings (SSSR count). The van der Waals surface area contributed by atoms with Crippen LogP contribution in [0.25, 0.3) is 0 Å². The maximum Gasteiger partial charge on any atom is 0.216 e. The quantitative estimate of drug-likeness (QED) is 0.645. The van der Waals surface area contributed by atoms with Crippen molar-refractivity contribution in [1.82, 2.24) is 4.90 Å². The summed E-state index contributed by atoms with van der Waals surface area (Å²) in [6.07, 6.45) is 0.419. The lowest BCUT2D eigenvalue weighted by atomic mass is 10.1. The van der Waals surface area contributed by atoms with Crippen LogP contribution >= 0.6 is 0 Å². The van der Waals surface area contributed by atoms with Gasteiger partial charge in [-0.15, -0.1) is 0 Å². The van der Waals surface area contributed by atoms with Crippen molar-refractivity contribution in [2.24, 2.45) is 5.92 Å². The minimum absolute atomic E-state index is 0.0642. The summed E-state index contributed by atoms with van der Waals surface area (Å²) in [5.74, 6) is 0.593. The fourth-order valence-corrected chi connectivity index (χ4v) is 1.06. The highest BCUT2D eigenvalue weighted by Crippen LogP contribution is 2.06. The van der Waals surface area contributed by atoms with Crippen LogP contribution in [0.3, 0.4) is 0 Å². The van der Waals surface area contributed by atoms with E-state index in [-0.39, 0.29) is 6.10 Å². The van der Waals surface area contributed by atoms with Gasteiger partial charge in [0.2, 0.25) is 6.41 Å². The second-order valence-electron chi connectivity index (χ2n) is 3.96. The average Bonchev–Trinajstić information content (AvgIpc) is 2.02. The zero-order valence-corrected chi connectivity index (χ0v) is 9.45. The van der Waals surface area contributed by atoms with Gasteiger partial charge in [0.15, 0.2) is 0 Å². The molecule has 2 unspecified atom stereocenters. The van der Waals surface area contributed by atoms with Gasteiger partial charge in [0, 0.05) is 6.54 Å². The third kappa shape index (κ3) is 6.02. The molecule has 0 aromatic carbocycles. The fraction of sp³-hybridized carbons (Fsp3) is 1.00. The van der Waals surface area contributed by atoms with Gasteiger partial charge in [0.1, 0.15) is 0 Å². The Morgan fingerprint density at radius 1 is 1.31 bits per heavy atom. The molecule has 0 amide bonds. The minimum Gasteiger partial charge on any atom is -0.356 e. The Morgan fingerprint density at radius 3 is 2.23 bits per heavy atom. The van der Waals surface area contributed by atoms with Gasteiger partial charge in [0.05, 0.1) is 6.10 Å². The molecule has 0 heterocycles. The van der Waals surface area contributed by atoms with E-state index in [0.29, 0.717) is 5.92 Å². The molecule has 0 saturated heterocycles. The van der Waals surface area contributed by atoms with Crippen molar-refractivity contribution in [2.45, 2.75) is 46.6 Å². The number of ether oxygens (including phenoxy) is 1. The summed E-state index contributed by atoms with van der Waals surface area (Å²) in [7, 11) is 1.87. The first-order valence-electron chi connectivity index (χ1n) is 5.01. The van der Waals surface area contributed by atoms with Crippen molar-refractivity contribution in [3.8, 4) is 0 Å². The first-order valence-corrected chi connectivity index (χ1v) is 5.01. The Morgan fingerprint density at radius 2 is 1.85 bits per heavy atom. The monoisotopic (exact) mass is 189 g/mol. The van der Waals surface area contributed by atoms with Gasteiger partial charge in [-0.25, -0.2) is 0 Å². The molecule has 0 bridgehead atoms. The van der Waals surface area contributed by atoms with Crippen molar-refractivity contribution in [3.63, 3.8) is 0 Å². The van der Waals surface area contributed by atoms with Crippen LogP contribution in [0, 0.1) is 5.92 Å². The number of rotatable bonds is 6. The SMILES string of the molecule is CCC(C)CN(C)C(O)OC(C)C. The van der Waals surface area contributed by atoms with Crippen LogP contribution in [0.4, 0.5) is 0 Å². The molecule has 0 aromatic heterocycles. The molecular weight excluding hydrogens is 166 g/mol. The average molecular weight is 189 g/mol. The van der Waals surface area contributed by atoms with E-state index in [4.69, 9.17) is 4.74 Å². The molecule has 1 N–H and O–H groups in total. The summed E-state index contributed by atoms with van der Waals surface area (Å²) in [6.45, 7) is 9.01. The Labute approximate surface area is 81.7 Å². The molecule has 0 fully saturated rings. The molecule has 3 heteroatoms. The summed E-state index contributed by atoms with van der Waals surface area (Å²) in [6, 6.07) is 0. The Kier molecular flexibility index (Phi) is 6.29. The van der Waals surface area contributed by atoms with Gasteiger partial charge in [-0.05, 0) is 26.8 Å². The number of aliphatic hydroxyl groups excluding tert-OH is 1. The summed E-state index contributed by atoms with van der Waals surface area (Å²) >= 11 is 0. The first-order chi connectivity index (χ1) is 5.97. The lowest BCUT2D eigenvalue weighted by molar-refractivity contribution is -0.205. The van der Waals surface area contributed by atoms with Gasteiger partial charge in [0.25, 0.3) is 0 Å². The second kappa shape index (κ2) is 6.35. The molecule has 0 aliphatic rings. The second-order valence-corrected chi connectivity index (χ2v) is 3.96. The normalized spacial score (nSPS) is 16.6. The Hall–Kier alpha value is -0.120. The van der Waals surface area contributed by atoms with Crippen molar-refractivity contribution in [1.29, 1.82) is 0 Å². The molecule has 0 aromatic rings. The third-order valence-electron chi connectivity index (χ3n) is 2.07. The number of nitrogens with zero attached hydrogens (tertiary/aromatic N) is 1. The van der Waals surface area contributed by atoms with Crippen molar-refractivity contribution in [2.75, 3.05) is 13.6 Å². The molecule has 0 saturated carbocycles. The zero-order chi connectivity index (χ0) is 10.4. The Balaban J connectivity index is 3.74. The molecule has 0 spiro atoms. The predicted molar refractivity (Wildman–Crippen MR) is 54.3 cm³/mol. The zero-order valence-electron chi connectivity index (χ0n) is 9.45. The lowest BCUT2D eigenvalue weighted by Crippen LogP contribution is -2.38. The number of aliphatic hydroxyl groups is 1. The summed E-state index contributed by atoms with van der Waals surface area (Å²) in [5.41, 5.74) is 0. The third-order valence-corrected chi connectivity index (χ3v) is 2.07. The topological polar surface area (TPSA) is 32.7 Å². The van der Waals surface area contributed by atoms with Gasteiger partial charge >= 0.3 is 0 Å². The predicted octanol–water partition coefficient (Wildman–Crippen LogP) is 1.67. The maximum absolute atomic E-state index is 9.54. The van der Waals surface area contributed by atoms with E-state index >= 15 is 0 Å². The van der Waals surface area contributed by atoms with Crippen LogP contribution in [0.5, 0.6) is 0 Å². The lowest BCUT2D eigenvalue weighted by Gasteiger charge is -2.27. The largest absolute Gasteiger partial charge is 0.356 e. The smallest absolute Gasteiger partial charge is 0.216 e. The molecule has 2 atom stereocenters. The first kappa shape index (κ1) is 12.9. The van der Waals surface area contributed by atoms with Crippen LogP contribution in [-0.2, 0) is 4.74 Å². The van der Waals surface area contributed by atoms with Gasteiger partial charge in [-0.3, -0.25) is 4.90 Å². The van der Waals surface area contributed by atoms with Crippen LogP contribution < -0.4 is 0 Å². The van der Waals surface area contributed by atoms with Gasteiger partial charge < -0.3 is 9.84 Å². The highest BCUT2D eigenvalue weighted by molar-refractivity contribution is 4.56. The van der Waals surface area contributed by atoms with Crippen LogP contribution in [0.2, 0.25) is 0 Å². The van der Waals surface area contributed by atoms with Crippen LogP contribution in [0.1, 0.15) is 34.1 Å². The molecule has 13 heavy (non-hydrogen) atoms. The number of hydrogen-bond donors (Lipinski definition) is 1. The van der Waals surface area contributed by atoms with E-state index in [9.17, 15) is 5.11 Å². The molecule has 3 nitrogen and oxygen atoms in total. The van der Waals surface area contributed by atoms with Crippen molar-refractivity contribution < 1.29 is 9.84 Å². The summed E-state index contributed by atoms with van der Waals surface area (Å²) in [5, 5.41) is 9.54.